The van der Waals surface area contributed by atoms with Crippen LogP contribution in [0.4, 0.5) is 0 Å². The fourth-order valence-electron chi connectivity index (χ4n) is 0.790. The molecule has 4 heteroatoms. The van der Waals surface area contributed by atoms with Crippen molar-refractivity contribution in [2.75, 3.05) is 33.4 Å². The SMILES string of the molecule is CCN(O)CN(C)CCCO. The number of hydroxylamine groups is 2. The molecule has 0 fully saturated rings. The van der Waals surface area contributed by atoms with Crippen LogP contribution in [-0.2, 0) is 0 Å². The third kappa shape index (κ3) is 6.25. The van der Waals surface area contributed by atoms with Crippen molar-refractivity contribution in [2.24, 2.45) is 0 Å². The summed E-state index contributed by atoms with van der Waals surface area (Å²) in [7, 11) is 1.91. The minimum absolute atomic E-state index is 0.210. The zero-order chi connectivity index (χ0) is 8.69. The van der Waals surface area contributed by atoms with E-state index in [0.29, 0.717) is 13.2 Å². The molecule has 0 bridgehead atoms. The quantitative estimate of drug-likeness (QED) is 0.425. The van der Waals surface area contributed by atoms with Crippen LogP contribution in [0.5, 0.6) is 0 Å². The number of hydrogen-bond acceptors (Lipinski definition) is 4. The Kier molecular flexibility index (Phi) is 6.45. The van der Waals surface area contributed by atoms with Crippen molar-refractivity contribution in [3.8, 4) is 0 Å². The van der Waals surface area contributed by atoms with Gasteiger partial charge < -0.3 is 10.3 Å². The van der Waals surface area contributed by atoms with Crippen LogP contribution in [-0.4, -0.2) is 53.7 Å². The zero-order valence-corrected chi connectivity index (χ0v) is 7.32. The number of nitrogens with zero attached hydrogens (tertiary/aromatic N) is 2. The summed E-state index contributed by atoms with van der Waals surface area (Å²) in [5.41, 5.74) is 0. The molecule has 68 valence electrons. The van der Waals surface area contributed by atoms with E-state index in [1.54, 1.807) is 0 Å². The Morgan fingerprint density at radius 1 is 1.36 bits per heavy atom. The molecule has 0 heterocycles. The summed E-state index contributed by atoms with van der Waals surface area (Å²) >= 11 is 0. The number of hydrogen-bond donors (Lipinski definition) is 2. The van der Waals surface area contributed by atoms with E-state index in [-0.39, 0.29) is 6.61 Å². The second-order valence-electron chi connectivity index (χ2n) is 2.62. The van der Waals surface area contributed by atoms with E-state index in [2.05, 4.69) is 0 Å². The van der Waals surface area contributed by atoms with Gasteiger partial charge >= 0.3 is 0 Å². The predicted octanol–water partition coefficient (Wildman–Crippen LogP) is -0.0308. The third-order valence-electron chi connectivity index (χ3n) is 1.47. The van der Waals surface area contributed by atoms with Gasteiger partial charge in [-0.25, -0.2) is 0 Å². The average molecular weight is 162 g/mol. The first-order valence-corrected chi connectivity index (χ1v) is 3.94. The molecule has 0 spiro atoms. The van der Waals surface area contributed by atoms with Crippen LogP contribution < -0.4 is 0 Å². The molecule has 0 aromatic heterocycles. The van der Waals surface area contributed by atoms with Gasteiger partial charge in [0.25, 0.3) is 0 Å². The molecule has 0 radical (unpaired) electrons. The second-order valence-corrected chi connectivity index (χ2v) is 2.62. The molecule has 0 rings (SSSR count). The van der Waals surface area contributed by atoms with E-state index in [9.17, 15) is 0 Å². The molecule has 0 aromatic carbocycles. The van der Waals surface area contributed by atoms with Crippen LogP contribution in [0.15, 0.2) is 0 Å². The number of aliphatic hydroxyl groups excluding tert-OH is 1. The van der Waals surface area contributed by atoms with Gasteiger partial charge in [-0.3, -0.25) is 4.90 Å². The largest absolute Gasteiger partial charge is 0.396 e. The molecule has 4 nitrogen and oxygen atoms in total. The molecular formula is C7H18N2O2. The van der Waals surface area contributed by atoms with Gasteiger partial charge in [-0.2, -0.15) is 5.06 Å². The summed E-state index contributed by atoms with van der Waals surface area (Å²) in [6.45, 7) is 4.08. The lowest BCUT2D eigenvalue weighted by Crippen LogP contribution is -2.34. The number of rotatable bonds is 6. The van der Waals surface area contributed by atoms with Crippen LogP contribution in [0.3, 0.4) is 0 Å². The molecule has 0 saturated carbocycles. The predicted molar refractivity (Wildman–Crippen MR) is 43.4 cm³/mol. The highest BCUT2D eigenvalue weighted by Gasteiger charge is 2.01. The van der Waals surface area contributed by atoms with Crippen molar-refractivity contribution in [1.82, 2.24) is 9.96 Å². The fourth-order valence-corrected chi connectivity index (χ4v) is 0.790. The number of aliphatic hydroxyl groups is 1. The van der Waals surface area contributed by atoms with Crippen LogP contribution >= 0.6 is 0 Å². The van der Waals surface area contributed by atoms with Gasteiger partial charge in [-0.15, -0.1) is 0 Å². The topological polar surface area (TPSA) is 46.9 Å². The monoisotopic (exact) mass is 162 g/mol. The molecule has 2 N–H and O–H groups in total. The van der Waals surface area contributed by atoms with Gasteiger partial charge in [0, 0.05) is 19.7 Å². The molecule has 0 atom stereocenters. The average Bonchev–Trinajstić information content (AvgIpc) is 2.00. The van der Waals surface area contributed by atoms with Crippen LogP contribution in [0.25, 0.3) is 0 Å². The van der Waals surface area contributed by atoms with Gasteiger partial charge in [0.05, 0.1) is 6.67 Å². The van der Waals surface area contributed by atoms with Gasteiger partial charge in [0.2, 0.25) is 0 Å². The Morgan fingerprint density at radius 3 is 2.45 bits per heavy atom. The highest BCUT2D eigenvalue weighted by Crippen LogP contribution is 1.88. The van der Waals surface area contributed by atoms with Gasteiger partial charge in [0.1, 0.15) is 0 Å². The summed E-state index contributed by atoms with van der Waals surface area (Å²) in [5, 5.41) is 18.8. The summed E-state index contributed by atoms with van der Waals surface area (Å²) in [6, 6.07) is 0. The van der Waals surface area contributed by atoms with Crippen LogP contribution in [0.2, 0.25) is 0 Å². The second kappa shape index (κ2) is 6.54. The maximum atomic E-state index is 9.06. The van der Waals surface area contributed by atoms with Gasteiger partial charge in [-0.1, -0.05) is 6.92 Å². The normalized spacial score (nSPS) is 11.5. The smallest absolute Gasteiger partial charge is 0.0751 e. The van der Waals surface area contributed by atoms with E-state index in [1.807, 2.05) is 18.9 Å². The first-order valence-electron chi connectivity index (χ1n) is 3.94. The molecule has 0 amide bonds. The lowest BCUT2D eigenvalue weighted by atomic mass is 10.4. The maximum absolute atomic E-state index is 9.06. The minimum atomic E-state index is 0.210. The van der Waals surface area contributed by atoms with Crippen molar-refractivity contribution < 1.29 is 10.3 Å². The summed E-state index contributed by atoms with van der Waals surface area (Å²) in [4.78, 5) is 1.96. The Morgan fingerprint density at radius 2 is 2.00 bits per heavy atom. The van der Waals surface area contributed by atoms with E-state index in [1.165, 1.54) is 5.06 Å². The first kappa shape index (κ1) is 10.8. The lowest BCUT2D eigenvalue weighted by Gasteiger charge is -2.21. The summed E-state index contributed by atoms with van der Waals surface area (Å²) in [6.07, 6.45) is 0.758. The van der Waals surface area contributed by atoms with Crippen LogP contribution in [0.1, 0.15) is 13.3 Å². The van der Waals surface area contributed by atoms with Crippen molar-refractivity contribution in [1.29, 1.82) is 0 Å². The third-order valence-corrected chi connectivity index (χ3v) is 1.47. The van der Waals surface area contributed by atoms with Crippen molar-refractivity contribution in [2.45, 2.75) is 13.3 Å². The highest BCUT2D eigenvalue weighted by molar-refractivity contribution is 4.47. The maximum Gasteiger partial charge on any atom is 0.0751 e. The summed E-state index contributed by atoms with van der Waals surface area (Å²) < 4.78 is 0. The Labute approximate surface area is 68.0 Å². The standard InChI is InChI=1S/C7H18N2O2/c1-3-9(11)7-8(2)5-4-6-10/h10-11H,3-7H2,1-2H3. The minimum Gasteiger partial charge on any atom is -0.396 e. The molecule has 0 aliphatic rings. The van der Waals surface area contributed by atoms with Crippen molar-refractivity contribution >= 4 is 0 Å². The van der Waals surface area contributed by atoms with Crippen molar-refractivity contribution in [3.63, 3.8) is 0 Å². The molecule has 0 saturated heterocycles. The Hall–Kier alpha value is -0.160. The van der Waals surface area contributed by atoms with Crippen molar-refractivity contribution in [3.05, 3.63) is 0 Å². The van der Waals surface area contributed by atoms with E-state index in [4.69, 9.17) is 10.3 Å². The Balaban J connectivity index is 3.27. The molecule has 0 aromatic rings. The molecule has 11 heavy (non-hydrogen) atoms. The van der Waals surface area contributed by atoms with E-state index in [0.717, 1.165) is 13.0 Å². The zero-order valence-electron chi connectivity index (χ0n) is 7.32. The Bertz CT molecular complexity index is 90.5. The molecule has 0 aliphatic heterocycles. The van der Waals surface area contributed by atoms with Gasteiger partial charge in [0.15, 0.2) is 0 Å². The highest BCUT2D eigenvalue weighted by atomic mass is 16.5. The molecular weight excluding hydrogens is 144 g/mol. The fraction of sp³-hybridized carbons (Fsp3) is 1.00. The van der Waals surface area contributed by atoms with Crippen LogP contribution in [0, 0.1) is 0 Å². The lowest BCUT2D eigenvalue weighted by molar-refractivity contribution is -0.117. The summed E-state index contributed by atoms with van der Waals surface area (Å²) in [5.74, 6) is 0. The van der Waals surface area contributed by atoms with Gasteiger partial charge in [-0.05, 0) is 13.5 Å². The van der Waals surface area contributed by atoms with E-state index >= 15 is 0 Å². The first-order chi connectivity index (χ1) is 5.20. The molecule has 0 aliphatic carbocycles. The molecule has 0 unspecified atom stereocenters. The van der Waals surface area contributed by atoms with E-state index < -0.39 is 0 Å².